The van der Waals surface area contributed by atoms with Gasteiger partial charge >= 0.3 is 0 Å². The molecule has 0 N–H and O–H groups in total. The van der Waals surface area contributed by atoms with E-state index in [0.717, 1.165) is 25.7 Å². The van der Waals surface area contributed by atoms with Gasteiger partial charge in [-0.3, -0.25) is 4.79 Å². The van der Waals surface area contributed by atoms with Crippen LogP contribution in [-0.2, 0) is 10.0 Å². The summed E-state index contributed by atoms with van der Waals surface area (Å²) >= 11 is 6.26. The van der Waals surface area contributed by atoms with Crippen LogP contribution in [0.2, 0.25) is 5.02 Å². The maximum absolute atomic E-state index is 13.0. The molecule has 0 spiro atoms. The predicted octanol–water partition coefficient (Wildman–Crippen LogP) is 2.80. The molecular weight excluding hydrogens is 400 g/mol. The molecule has 2 aliphatic heterocycles. The van der Waals surface area contributed by atoms with E-state index in [0.29, 0.717) is 32.2 Å². The Kier molecular flexibility index (Phi) is 5.44. The van der Waals surface area contributed by atoms with Crippen molar-refractivity contribution >= 4 is 27.5 Å². The average molecular weight is 423 g/mol. The summed E-state index contributed by atoms with van der Waals surface area (Å²) < 4.78 is 29.2. The molecule has 0 unspecified atom stereocenters. The van der Waals surface area contributed by atoms with Gasteiger partial charge in [-0.2, -0.15) is 4.31 Å². The topological polar surface area (TPSA) is 75.5 Å². The molecule has 150 valence electrons. The van der Waals surface area contributed by atoms with E-state index in [9.17, 15) is 13.2 Å². The minimum atomic E-state index is -3.59. The Labute approximate surface area is 170 Å². The summed E-state index contributed by atoms with van der Waals surface area (Å²) in [6.07, 6.45) is 8.87. The van der Waals surface area contributed by atoms with Gasteiger partial charge in [0, 0.05) is 44.6 Å². The van der Waals surface area contributed by atoms with E-state index in [1.165, 1.54) is 22.5 Å². The predicted molar refractivity (Wildman–Crippen MR) is 106 cm³/mol. The van der Waals surface area contributed by atoms with Crippen LogP contribution in [0.4, 0.5) is 0 Å². The maximum atomic E-state index is 13.0. The van der Waals surface area contributed by atoms with E-state index < -0.39 is 10.0 Å². The van der Waals surface area contributed by atoms with Crippen LogP contribution in [0.15, 0.2) is 41.8 Å². The fraction of sp³-hybridized carbons (Fsp3) is 0.474. The number of rotatable bonds is 4. The molecule has 4 rings (SSSR count). The highest BCUT2D eigenvalue weighted by Gasteiger charge is 2.30. The van der Waals surface area contributed by atoms with Gasteiger partial charge in [-0.1, -0.05) is 11.6 Å². The van der Waals surface area contributed by atoms with Crippen molar-refractivity contribution in [3.63, 3.8) is 0 Å². The highest BCUT2D eigenvalue weighted by Crippen LogP contribution is 2.28. The smallest absolute Gasteiger partial charge is 0.255 e. The number of likely N-dealkylation sites (tertiary alicyclic amines) is 1. The van der Waals surface area contributed by atoms with Crippen LogP contribution in [0.5, 0.6) is 0 Å². The van der Waals surface area contributed by atoms with Crippen LogP contribution in [-0.4, -0.2) is 59.3 Å². The van der Waals surface area contributed by atoms with Crippen LogP contribution in [0.25, 0.3) is 0 Å². The molecule has 9 heteroatoms. The van der Waals surface area contributed by atoms with E-state index >= 15 is 0 Å². The third kappa shape index (κ3) is 3.68. The van der Waals surface area contributed by atoms with E-state index in [1.807, 2.05) is 6.20 Å². The van der Waals surface area contributed by atoms with Gasteiger partial charge in [-0.05, 0) is 43.9 Å². The van der Waals surface area contributed by atoms with E-state index in [2.05, 4.69) is 9.55 Å². The van der Waals surface area contributed by atoms with Crippen molar-refractivity contribution in [1.82, 2.24) is 18.8 Å². The molecule has 0 aliphatic carbocycles. The van der Waals surface area contributed by atoms with Gasteiger partial charge < -0.3 is 9.47 Å². The first-order valence-electron chi connectivity index (χ1n) is 9.53. The molecule has 2 saturated heterocycles. The van der Waals surface area contributed by atoms with Gasteiger partial charge in [0.25, 0.3) is 5.91 Å². The Morgan fingerprint density at radius 2 is 1.82 bits per heavy atom. The summed E-state index contributed by atoms with van der Waals surface area (Å²) in [6.45, 7) is 2.24. The summed E-state index contributed by atoms with van der Waals surface area (Å²) in [5, 5.41) is 0.280. The molecule has 3 heterocycles. The number of halogens is 1. The summed E-state index contributed by atoms with van der Waals surface area (Å²) in [4.78, 5) is 19.0. The second-order valence-electron chi connectivity index (χ2n) is 7.29. The van der Waals surface area contributed by atoms with Gasteiger partial charge in [-0.15, -0.1) is 0 Å². The van der Waals surface area contributed by atoms with E-state index in [-0.39, 0.29) is 21.4 Å². The van der Waals surface area contributed by atoms with Crippen molar-refractivity contribution in [2.75, 3.05) is 26.2 Å². The molecule has 0 radical (unpaired) electrons. The Bertz CT molecular complexity index is 948. The molecular formula is C19H23ClN4O3S. The average Bonchev–Trinajstić information content (AvgIpc) is 3.42. The third-order valence-electron chi connectivity index (χ3n) is 5.57. The minimum absolute atomic E-state index is 0.135. The number of sulfonamides is 1. The Morgan fingerprint density at radius 3 is 2.46 bits per heavy atom. The number of carbonyl (C=O) groups is 1. The molecule has 28 heavy (non-hydrogen) atoms. The second kappa shape index (κ2) is 7.85. The molecule has 0 bridgehead atoms. The van der Waals surface area contributed by atoms with Crippen LogP contribution in [0.1, 0.15) is 42.1 Å². The van der Waals surface area contributed by atoms with Crippen molar-refractivity contribution < 1.29 is 13.2 Å². The molecule has 2 aliphatic rings. The number of hydrogen-bond acceptors (Lipinski definition) is 4. The van der Waals surface area contributed by atoms with Gasteiger partial charge in [-0.25, -0.2) is 13.4 Å². The van der Waals surface area contributed by atoms with Gasteiger partial charge in [0.2, 0.25) is 10.0 Å². The maximum Gasteiger partial charge on any atom is 0.255 e. The number of aromatic nitrogens is 2. The lowest BCUT2D eigenvalue weighted by Gasteiger charge is -2.32. The largest absolute Gasteiger partial charge is 0.338 e. The zero-order valence-corrected chi connectivity index (χ0v) is 17.1. The molecule has 1 amide bonds. The monoisotopic (exact) mass is 422 g/mol. The number of amides is 1. The van der Waals surface area contributed by atoms with Crippen molar-refractivity contribution in [2.24, 2.45) is 0 Å². The minimum Gasteiger partial charge on any atom is -0.338 e. The van der Waals surface area contributed by atoms with E-state index in [4.69, 9.17) is 11.6 Å². The lowest BCUT2D eigenvalue weighted by atomic mass is 10.0. The third-order valence-corrected chi connectivity index (χ3v) is 7.79. The Balaban J connectivity index is 1.51. The zero-order valence-electron chi connectivity index (χ0n) is 15.5. The SMILES string of the molecule is O=C(c1cc(S(=O)(=O)N2CCCC2)ccc1Cl)N1CCC(n2ccnc2)CC1. The number of carbonyl (C=O) groups excluding carboxylic acids is 1. The van der Waals surface area contributed by atoms with Gasteiger partial charge in [0.1, 0.15) is 0 Å². The number of piperidine rings is 1. The van der Waals surface area contributed by atoms with E-state index in [1.54, 1.807) is 17.4 Å². The number of hydrogen-bond donors (Lipinski definition) is 0. The Hall–Kier alpha value is -1.90. The molecule has 0 atom stereocenters. The molecule has 1 aromatic carbocycles. The Morgan fingerprint density at radius 1 is 1.11 bits per heavy atom. The summed E-state index contributed by atoms with van der Waals surface area (Å²) in [5.41, 5.74) is 0.253. The molecule has 2 fully saturated rings. The van der Waals surface area contributed by atoms with Crippen molar-refractivity contribution in [3.05, 3.63) is 47.5 Å². The zero-order chi connectivity index (χ0) is 19.7. The number of nitrogens with zero attached hydrogens (tertiary/aromatic N) is 4. The lowest BCUT2D eigenvalue weighted by Crippen LogP contribution is -2.39. The normalized spacial score (nSPS) is 19.2. The first kappa shape index (κ1) is 19.4. The first-order chi connectivity index (χ1) is 13.5. The van der Waals surface area contributed by atoms with Crippen molar-refractivity contribution in [2.45, 2.75) is 36.6 Å². The molecule has 1 aromatic heterocycles. The van der Waals surface area contributed by atoms with Crippen LogP contribution >= 0.6 is 11.6 Å². The lowest BCUT2D eigenvalue weighted by molar-refractivity contribution is 0.0694. The number of benzene rings is 1. The fourth-order valence-corrected chi connectivity index (χ4v) is 5.67. The molecule has 2 aromatic rings. The quantitative estimate of drug-likeness (QED) is 0.759. The highest BCUT2D eigenvalue weighted by atomic mass is 35.5. The molecule has 7 nitrogen and oxygen atoms in total. The highest BCUT2D eigenvalue weighted by molar-refractivity contribution is 7.89. The first-order valence-corrected chi connectivity index (χ1v) is 11.3. The van der Waals surface area contributed by atoms with Crippen molar-refractivity contribution in [1.29, 1.82) is 0 Å². The van der Waals surface area contributed by atoms with Crippen LogP contribution < -0.4 is 0 Å². The second-order valence-corrected chi connectivity index (χ2v) is 9.63. The summed E-state index contributed by atoms with van der Waals surface area (Å²) in [6, 6.07) is 4.75. The van der Waals surface area contributed by atoms with Gasteiger partial charge in [0.05, 0.1) is 21.8 Å². The fourth-order valence-electron chi connectivity index (χ4n) is 3.93. The standard InChI is InChI=1S/C19H23ClN4O3S/c20-18-4-3-16(28(26,27)24-8-1-2-9-24)13-17(18)19(25)22-10-5-15(6-11-22)23-12-7-21-14-23/h3-4,7,12-15H,1-2,5-6,8-11H2. The van der Waals surface area contributed by atoms with Crippen molar-refractivity contribution in [3.8, 4) is 0 Å². The van der Waals surface area contributed by atoms with Gasteiger partial charge in [0.15, 0.2) is 0 Å². The number of imidazole rings is 1. The molecule has 0 saturated carbocycles. The summed E-state index contributed by atoms with van der Waals surface area (Å²) in [5.74, 6) is -0.215. The summed E-state index contributed by atoms with van der Waals surface area (Å²) in [7, 11) is -3.59. The van der Waals surface area contributed by atoms with Crippen LogP contribution in [0, 0.1) is 0 Å². The van der Waals surface area contributed by atoms with Crippen LogP contribution in [0.3, 0.4) is 0 Å².